The molecule has 0 radical (unpaired) electrons. The molecule has 2 amide bonds. The molecule has 10 rings (SSSR count). The highest BCUT2D eigenvalue weighted by Gasteiger charge is 2.60. The Morgan fingerprint density at radius 2 is 0.835 bits per heavy atom. The van der Waals surface area contributed by atoms with Crippen molar-refractivity contribution in [1.82, 2.24) is 4.90 Å². The van der Waals surface area contributed by atoms with Gasteiger partial charge in [0, 0.05) is 25.7 Å². The average Bonchev–Trinajstić information content (AvgIpc) is 3.34. The maximum Gasteiger partial charge on any atom is 0.303 e. The van der Waals surface area contributed by atoms with E-state index in [1.807, 2.05) is 159 Å². The second-order valence-electron chi connectivity index (χ2n) is 21.1. The van der Waals surface area contributed by atoms with E-state index in [2.05, 4.69) is 0 Å². The van der Waals surface area contributed by atoms with E-state index in [0.29, 0.717) is 0 Å². The third-order valence-electron chi connectivity index (χ3n) is 14.9. The molecule has 15 atom stereocenters. The summed E-state index contributed by atoms with van der Waals surface area (Å²) in [4.78, 5) is 71.3. The lowest BCUT2D eigenvalue weighted by Gasteiger charge is -2.52. The Hall–Kier alpha value is -7.14. The molecule has 4 aliphatic rings. The van der Waals surface area contributed by atoms with Crippen molar-refractivity contribution >= 4 is 41.5 Å². The largest absolute Gasteiger partial charge is 0.456 e. The Balaban J connectivity index is 1.14. The Morgan fingerprint density at radius 1 is 0.435 bits per heavy atom. The van der Waals surface area contributed by atoms with Crippen LogP contribution in [0.25, 0.3) is 0 Å². The van der Waals surface area contributed by atoms with E-state index in [0.717, 1.165) is 45.9 Å². The number of carbonyl (C=O) groups is 5. The van der Waals surface area contributed by atoms with Gasteiger partial charge in [-0.15, -0.1) is 0 Å². The summed E-state index contributed by atoms with van der Waals surface area (Å²) < 4.78 is 80.8. The summed E-state index contributed by atoms with van der Waals surface area (Å²) in [6.45, 7) is 7.24. The van der Waals surface area contributed by atoms with Gasteiger partial charge in [-0.25, -0.2) is 0 Å². The fourth-order valence-electron chi connectivity index (χ4n) is 11.1. The smallest absolute Gasteiger partial charge is 0.303 e. The minimum Gasteiger partial charge on any atom is -0.456 e. The van der Waals surface area contributed by atoms with Crippen LogP contribution < -0.4 is 0 Å². The van der Waals surface area contributed by atoms with Gasteiger partial charge in [-0.1, -0.05) is 163 Å². The lowest BCUT2D eigenvalue weighted by Crippen LogP contribution is -2.70. The predicted octanol–water partition coefficient (Wildman–Crippen LogP) is 9.20. The number of hydrogen-bond donors (Lipinski definition) is 0. The Labute approximate surface area is 498 Å². The zero-order chi connectivity index (χ0) is 59.4. The molecule has 3 fully saturated rings. The van der Waals surface area contributed by atoms with Gasteiger partial charge in [-0.2, -0.15) is 0 Å². The van der Waals surface area contributed by atoms with Crippen molar-refractivity contribution in [2.75, 3.05) is 6.61 Å². The molecule has 0 unspecified atom stereocenters. The van der Waals surface area contributed by atoms with Crippen molar-refractivity contribution in [2.24, 2.45) is 0 Å². The minimum atomic E-state index is -1.65. The van der Waals surface area contributed by atoms with Crippen LogP contribution >= 0.6 is 11.8 Å². The highest BCUT2D eigenvalue weighted by molar-refractivity contribution is 7.99. The monoisotopic (exact) mass is 1180 g/mol. The molecule has 0 saturated carbocycles. The van der Waals surface area contributed by atoms with Crippen LogP contribution in [-0.2, 0) is 97.7 Å². The van der Waals surface area contributed by atoms with Gasteiger partial charge in [0.1, 0.15) is 48.1 Å². The highest BCUT2D eigenvalue weighted by atomic mass is 32.2. The van der Waals surface area contributed by atoms with Gasteiger partial charge in [0.25, 0.3) is 11.8 Å². The van der Waals surface area contributed by atoms with Crippen LogP contribution in [0.5, 0.6) is 0 Å². The van der Waals surface area contributed by atoms with Crippen LogP contribution in [0.4, 0.5) is 0 Å². The van der Waals surface area contributed by atoms with Crippen molar-refractivity contribution < 1.29 is 80.8 Å². The molecule has 4 heterocycles. The molecule has 85 heavy (non-hydrogen) atoms. The summed E-state index contributed by atoms with van der Waals surface area (Å²) in [5, 5.41) is 0. The number of rotatable bonds is 23. The van der Waals surface area contributed by atoms with Gasteiger partial charge in [0.2, 0.25) is 0 Å². The summed E-state index contributed by atoms with van der Waals surface area (Å²) in [5.74, 6) is -3.59. The van der Waals surface area contributed by atoms with Crippen molar-refractivity contribution in [3.63, 3.8) is 0 Å². The molecule has 0 N–H and O–H groups in total. The Kier molecular flexibility index (Phi) is 20.7. The van der Waals surface area contributed by atoms with E-state index >= 15 is 9.59 Å². The number of amides is 2. The molecule has 6 aromatic rings. The summed E-state index contributed by atoms with van der Waals surface area (Å²) >= 11 is 1.25. The van der Waals surface area contributed by atoms with E-state index < -0.39 is 121 Å². The fraction of sp³-hybridized carbons (Fsp3) is 0.379. The average molecular weight is 1180 g/mol. The summed E-state index contributed by atoms with van der Waals surface area (Å²) in [6, 6.07) is 52.9. The first-order valence-electron chi connectivity index (χ1n) is 28.4. The fourth-order valence-corrected chi connectivity index (χ4v) is 12.3. The number of imide groups is 1. The van der Waals surface area contributed by atoms with Gasteiger partial charge in [0.15, 0.2) is 30.9 Å². The van der Waals surface area contributed by atoms with Crippen molar-refractivity contribution in [1.29, 1.82) is 0 Å². The Bertz CT molecular complexity index is 3130. The normalized spacial score (nSPS) is 28.3. The number of thioether (sulfide) groups is 1. The first-order chi connectivity index (χ1) is 41.3. The topological polar surface area (TPSA) is 199 Å². The summed E-state index contributed by atoms with van der Waals surface area (Å²) in [6.07, 6.45) is -16.2. The summed E-state index contributed by atoms with van der Waals surface area (Å²) in [5.41, 5.74) is 2.62. The molecule has 0 aromatic heterocycles. The van der Waals surface area contributed by atoms with E-state index in [4.69, 9.17) is 56.8 Å². The van der Waals surface area contributed by atoms with Crippen LogP contribution in [0.3, 0.4) is 0 Å². The first-order valence-corrected chi connectivity index (χ1v) is 29.2. The van der Waals surface area contributed by atoms with Gasteiger partial charge < -0.3 is 56.8 Å². The van der Waals surface area contributed by atoms with Gasteiger partial charge in [0.05, 0.1) is 56.4 Å². The van der Waals surface area contributed by atoms with Crippen molar-refractivity contribution in [2.45, 2.75) is 157 Å². The lowest BCUT2D eigenvalue weighted by atomic mass is 9.94. The molecule has 0 spiro atoms. The van der Waals surface area contributed by atoms with Crippen molar-refractivity contribution in [3.8, 4) is 0 Å². The molecule has 0 bridgehead atoms. The van der Waals surface area contributed by atoms with Crippen molar-refractivity contribution in [3.05, 3.63) is 209 Å². The second kappa shape index (κ2) is 28.8. The van der Waals surface area contributed by atoms with Gasteiger partial charge in [-0.05, 0) is 60.4 Å². The number of fused-ring (bicyclic) bond motifs is 1. The number of benzene rings is 6. The third kappa shape index (κ3) is 15.1. The number of ether oxygens (including phenoxy) is 12. The third-order valence-corrected chi connectivity index (χ3v) is 16.1. The zero-order valence-electron chi connectivity index (χ0n) is 47.7. The molecule has 0 aliphatic carbocycles. The number of carbonyl (C=O) groups excluding carboxylic acids is 5. The van der Waals surface area contributed by atoms with E-state index in [9.17, 15) is 14.4 Å². The molecule has 18 nitrogen and oxygen atoms in total. The molecular formula is C66H69NO17S. The first kappa shape index (κ1) is 61.0. The summed E-state index contributed by atoms with van der Waals surface area (Å²) in [7, 11) is 0. The number of nitrogens with zero attached hydrogens (tertiary/aromatic N) is 1. The molecule has 6 aromatic carbocycles. The van der Waals surface area contributed by atoms with Gasteiger partial charge >= 0.3 is 17.9 Å². The van der Waals surface area contributed by atoms with E-state index in [-0.39, 0.29) is 44.2 Å². The number of esters is 3. The number of hydrogen-bond acceptors (Lipinski definition) is 18. The standard InChI is InChI=1S/C66H69NO17S/c1-40-54(74-36-46-25-13-7-14-26-46)58(75-37-47-27-15-8-16-28-47)60(76-38-48-29-17-9-18-30-48)64(77-40)84-57-53(67-62(71)50-33-21-22-34-51(50)63(67)72)66(85-49-31-19-10-20-32-49)82-52(39-73-35-45-23-11-6-12-24-45)56(57)83-65-61(81-44(5)70)59(80-43(4)69)55(41(2)78-65)79-42(3)68/h6-34,40-41,52-61,64-66H,35-39H2,1-5H3/t40-,41+,52+,53+,54+,55-,56+,57+,58+,59-,60-,61+,64-,65-,66-/m0/s1. The molecule has 19 heteroatoms. The Morgan fingerprint density at radius 3 is 1.34 bits per heavy atom. The molecule has 3 saturated heterocycles. The zero-order valence-corrected chi connectivity index (χ0v) is 48.6. The predicted molar refractivity (Wildman–Crippen MR) is 308 cm³/mol. The molecule has 4 aliphatic heterocycles. The lowest BCUT2D eigenvalue weighted by molar-refractivity contribution is -0.366. The quantitative estimate of drug-likeness (QED) is 0.0334. The van der Waals surface area contributed by atoms with Gasteiger partial charge in [-0.3, -0.25) is 28.9 Å². The van der Waals surface area contributed by atoms with E-state index in [1.54, 1.807) is 31.2 Å². The second-order valence-corrected chi connectivity index (χ2v) is 22.3. The van der Waals surface area contributed by atoms with Crippen LogP contribution in [-0.4, -0.2) is 132 Å². The molecular weight excluding hydrogens is 1110 g/mol. The molecule has 446 valence electrons. The maximum atomic E-state index is 15.3. The SMILES string of the molecule is CC(=O)O[C@H]1[C@@H](OC(C)=O)[C@@H](C)O[C@@H](O[C@H]2[C@H](O[C@@H]3O[C@@H](C)[C@@H](OCc4ccccc4)[C@@H](OCc4ccccc4)[C@@H]3OCc3ccccc3)[C@@H](N3C(=O)c4ccccc4C3=O)[C@H](Sc3ccccc3)O[C@@H]2COCc2ccccc2)[C@@H]1OC(C)=O. The van der Waals surface area contributed by atoms with Crippen LogP contribution in [0.1, 0.15) is 77.6 Å². The van der Waals surface area contributed by atoms with Crippen LogP contribution in [0.15, 0.2) is 181 Å². The van der Waals surface area contributed by atoms with Crippen LogP contribution in [0, 0.1) is 0 Å². The highest BCUT2D eigenvalue weighted by Crippen LogP contribution is 2.44. The maximum absolute atomic E-state index is 15.3. The minimum absolute atomic E-state index is 0.0522. The van der Waals surface area contributed by atoms with Crippen LogP contribution in [0.2, 0.25) is 0 Å². The van der Waals surface area contributed by atoms with E-state index in [1.165, 1.54) is 18.7 Å².